The number of hydrogen-bond donors (Lipinski definition) is 0. The van der Waals surface area contributed by atoms with Crippen LogP contribution in [0.15, 0.2) is 12.1 Å². The lowest BCUT2D eigenvalue weighted by molar-refractivity contribution is -0.127. The van der Waals surface area contributed by atoms with E-state index in [1.54, 1.807) is 0 Å². The van der Waals surface area contributed by atoms with Crippen LogP contribution in [0.4, 0.5) is 0 Å². The first-order chi connectivity index (χ1) is 11.1. The van der Waals surface area contributed by atoms with E-state index in [1.165, 1.54) is 0 Å². The van der Waals surface area contributed by atoms with Gasteiger partial charge in [-0.3, -0.25) is 0 Å². The fraction of sp³-hybridized carbons (Fsp3) is 0.789. The molecule has 0 atom stereocenters. The third-order valence-electron chi connectivity index (χ3n) is 3.67. The second-order valence-electron chi connectivity index (χ2n) is 8.49. The predicted molar refractivity (Wildman–Crippen MR) is 94.3 cm³/mol. The van der Waals surface area contributed by atoms with Crippen molar-refractivity contribution in [2.75, 3.05) is 6.61 Å². The molecular formula is C19H32N2O3. The fourth-order valence-corrected chi connectivity index (χ4v) is 2.56. The van der Waals surface area contributed by atoms with Crippen molar-refractivity contribution in [3.63, 3.8) is 0 Å². The Hall–Kier alpha value is -1.20. The highest BCUT2D eigenvalue weighted by molar-refractivity contribution is 5.12. The molecule has 24 heavy (non-hydrogen) atoms. The number of hydrogen-bond acceptors (Lipinski definition) is 5. The minimum atomic E-state index is -0.0895. The summed E-state index contributed by atoms with van der Waals surface area (Å²) in [7, 11) is 0. The molecule has 5 nitrogen and oxygen atoms in total. The van der Waals surface area contributed by atoms with Gasteiger partial charge in [-0.25, -0.2) is 0 Å². The highest BCUT2D eigenvalue weighted by atomic mass is 16.5. The normalized spacial score (nSPS) is 21.4. The first-order valence-corrected chi connectivity index (χ1v) is 8.92. The van der Waals surface area contributed by atoms with E-state index in [1.807, 2.05) is 12.1 Å². The van der Waals surface area contributed by atoms with Gasteiger partial charge < -0.3 is 14.2 Å². The van der Waals surface area contributed by atoms with Crippen LogP contribution in [0.1, 0.15) is 66.5 Å². The third-order valence-corrected chi connectivity index (χ3v) is 3.67. The zero-order valence-electron chi connectivity index (χ0n) is 16.0. The van der Waals surface area contributed by atoms with Crippen LogP contribution < -0.4 is 4.74 Å². The monoisotopic (exact) mass is 336 g/mol. The van der Waals surface area contributed by atoms with Gasteiger partial charge in [-0.1, -0.05) is 0 Å². The van der Waals surface area contributed by atoms with Crippen LogP contribution in [-0.4, -0.2) is 40.2 Å². The molecule has 0 aromatic carbocycles. The van der Waals surface area contributed by atoms with Gasteiger partial charge in [-0.2, -0.15) is 5.10 Å². The minimum Gasteiger partial charge on any atom is -0.473 e. The van der Waals surface area contributed by atoms with Crippen LogP contribution >= 0.6 is 0 Å². The molecule has 5 heteroatoms. The third kappa shape index (κ3) is 7.14. The molecule has 0 spiro atoms. The molecule has 2 rings (SSSR count). The number of ether oxygens (including phenoxy) is 3. The smallest absolute Gasteiger partial charge is 0.233 e. The largest absolute Gasteiger partial charge is 0.473 e. The second-order valence-corrected chi connectivity index (χ2v) is 8.49. The van der Waals surface area contributed by atoms with Crippen LogP contribution in [-0.2, 0) is 15.9 Å². The molecule has 0 saturated heterocycles. The van der Waals surface area contributed by atoms with E-state index >= 15 is 0 Å². The highest BCUT2D eigenvalue weighted by Crippen LogP contribution is 2.30. The summed E-state index contributed by atoms with van der Waals surface area (Å²) in [6, 6.07) is 3.89. The van der Waals surface area contributed by atoms with E-state index in [0.717, 1.165) is 38.0 Å². The zero-order chi connectivity index (χ0) is 17.8. The summed E-state index contributed by atoms with van der Waals surface area (Å²) in [5, 5.41) is 8.41. The molecule has 0 unspecified atom stereocenters. The molecule has 0 N–H and O–H groups in total. The topological polar surface area (TPSA) is 53.5 Å². The van der Waals surface area contributed by atoms with Gasteiger partial charge in [0.05, 0.1) is 23.0 Å². The molecule has 0 amide bonds. The lowest BCUT2D eigenvalue weighted by Gasteiger charge is -2.38. The first-order valence-electron chi connectivity index (χ1n) is 8.92. The first kappa shape index (κ1) is 19.1. The van der Waals surface area contributed by atoms with Gasteiger partial charge in [0.25, 0.3) is 0 Å². The van der Waals surface area contributed by atoms with Crippen molar-refractivity contribution >= 4 is 0 Å². The van der Waals surface area contributed by atoms with Gasteiger partial charge in [0.1, 0.15) is 6.10 Å². The van der Waals surface area contributed by atoms with E-state index in [0.29, 0.717) is 12.0 Å². The van der Waals surface area contributed by atoms with E-state index < -0.39 is 0 Å². The summed E-state index contributed by atoms with van der Waals surface area (Å²) >= 11 is 0. The van der Waals surface area contributed by atoms with Crippen LogP contribution in [0.5, 0.6) is 5.88 Å². The summed E-state index contributed by atoms with van der Waals surface area (Å²) in [6.45, 7) is 13.2. The van der Waals surface area contributed by atoms with Crippen molar-refractivity contribution in [1.29, 1.82) is 0 Å². The van der Waals surface area contributed by atoms with Crippen molar-refractivity contribution in [2.24, 2.45) is 0 Å². The number of aromatic nitrogens is 2. The predicted octanol–water partition coefficient (Wildman–Crippen LogP) is 3.95. The van der Waals surface area contributed by atoms with Crippen LogP contribution in [0.25, 0.3) is 0 Å². The maximum atomic E-state index is 5.91. The van der Waals surface area contributed by atoms with Crippen LogP contribution in [0.3, 0.4) is 0 Å². The Kier molecular flexibility index (Phi) is 6.21. The van der Waals surface area contributed by atoms with Crippen LogP contribution in [0.2, 0.25) is 0 Å². The molecule has 1 heterocycles. The summed E-state index contributed by atoms with van der Waals surface area (Å²) in [4.78, 5) is 0. The average Bonchev–Trinajstić information content (AvgIpc) is 2.40. The van der Waals surface area contributed by atoms with E-state index in [9.17, 15) is 0 Å². The summed E-state index contributed by atoms with van der Waals surface area (Å²) in [5.74, 6) is 0.601. The zero-order valence-corrected chi connectivity index (χ0v) is 16.0. The van der Waals surface area contributed by atoms with Crippen LogP contribution in [0, 0.1) is 0 Å². The molecular weight excluding hydrogens is 304 g/mol. The molecule has 0 radical (unpaired) electrons. The summed E-state index contributed by atoms with van der Waals surface area (Å²) in [6.07, 6.45) is 4.15. The van der Waals surface area contributed by atoms with E-state index in [4.69, 9.17) is 14.2 Å². The van der Waals surface area contributed by atoms with Crippen molar-refractivity contribution in [3.05, 3.63) is 17.8 Å². The Morgan fingerprint density at radius 3 is 2.21 bits per heavy atom. The SMILES string of the molecule is CC(C)(C)OCCCc1ccc(OC2CC(OC(C)(C)C)C2)nn1. The Labute approximate surface area is 146 Å². The molecule has 0 bridgehead atoms. The van der Waals surface area contributed by atoms with Gasteiger partial charge in [0, 0.05) is 25.5 Å². The van der Waals surface area contributed by atoms with Crippen molar-refractivity contribution in [1.82, 2.24) is 10.2 Å². The van der Waals surface area contributed by atoms with Gasteiger partial charge in [-0.05, 0) is 60.5 Å². The maximum absolute atomic E-state index is 5.91. The van der Waals surface area contributed by atoms with Crippen molar-refractivity contribution in [2.45, 2.75) is 90.6 Å². The quantitative estimate of drug-likeness (QED) is 0.706. The second kappa shape index (κ2) is 7.79. The molecule has 1 fully saturated rings. The molecule has 1 aliphatic rings. The molecule has 136 valence electrons. The van der Waals surface area contributed by atoms with Crippen molar-refractivity contribution in [3.8, 4) is 5.88 Å². The van der Waals surface area contributed by atoms with Gasteiger partial charge in [0.2, 0.25) is 5.88 Å². The van der Waals surface area contributed by atoms with Gasteiger partial charge >= 0.3 is 0 Å². The number of rotatable bonds is 7. The number of nitrogens with zero attached hydrogens (tertiary/aromatic N) is 2. The van der Waals surface area contributed by atoms with Gasteiger partial charge in [0.15, 0.2) is 0 Å². The average molecular weight is 336 g/mol. The highest BCUT2D eigenvalue weighted by Gasteiger charge is 2.34. The van der Waals surface area contributed by atoms with E-state index in [-0.39, 0.29) is 17.3 Å². The Morgan fingerprint density at radius 2 is 1.67 bits per heavy atom. The lowest BCUT2D eigenvalue weighted by Crippen LogP contribution is -2.43. The standard InChI is InChI=1S/C19H32N2O3/c1-18(2,3)22-11-7-8-14-9-10-17(21-20-14)23-15-12-16(13-15)24-19(4,5)6/h9-10,15-16H,7-8,11-13H2,1-6H3. The molecule has 0 aliphatic heterocycles. The Balaban J connectivity index is 1.66. The van der Waals surface area contributed by atoms with Gasteiger partial charge in [-0.15, -0.1) is 5.10 Å². The van der Waals surface area contributed by atoms with Crippen molar-refractivity contribution < 1.29 is 14.2 Å². The van der Waals surface area contributed by atoms with E-state index in [2.05, 4.69) is 51.7 Å². The Bertz CT molecular complexity index is 497. The Morgan fingerprint density at radius 1 is 0.958 bits per heavy atom. The fourth-order valence-electron chi connectivity index (χ4n) is 2.56. The molecule has 1 saturated carbocycles. The summed E-state index contributed by atoms with van der Waals surface area (Å²) in [5.41, 5.74) is 0.802. The molecule has 1 aromatic heterocycles. The lowest BCUT2D eigenvalue weighted by atomic mass is 9.91. The molecule has 1 aromatic rings. The molecule has 1 aliphatic carbocycles. The summed E-state index contributed by atoms with van der Waals surface area (Å²) < 4.78 is 17.5. The number of aryl methyl sites for hydroxylation is 1. The maximum Gasteiger partial charge on any atom is 0.233 e. The minimum absolute atomic E-state index is 0.0826.